The number of likely N-dealkylation sites (N-methyl/N-ethyl adjacent to an activating group) is 1. The number of rotatable bonds is 2. The molecule has 1 amide bonds. The number of carbonyl (C=O) groups excluding carboxylic acids is 1. The smallest absolute Gasteiger partial charge is 0.280 e. The highest BCUT2D eigenvalue weighted by atomic mass is 35.5. The lowest BCUT2D eigenvalue weighted by molar-refractivity contribution is -0.163. The summed E-state index contributed by atoms with van der Waals surface area (Å²) in [6.45, 7) is 1.94. The van der Waals surface area contributed by atoms with Crippen LogP contribution in [0, 0.1) is 0 Å². The summed E-state index contributed by atoms with van der Waals surface area (Å²) in [7, 11) is 2.96. The monoisotopic (exact) mass is 216 g/mol. The molecular weight excluding hydrogens is 204 g/mol. The second-order valence-electron chi connectivity index (χ2n) is 3.01. The van der Waals surface area contributed by atoms with Crippen molar-refractivity contribution in [1.82, 2.24) is 10.4 Å². The first-order chi connectivity index (χ1) is 6.56. The summed E-state index contributed by atoms with van der Waals surface area (Å²) in [5.74, 6) is -0.270. The standard InChI is InChI=1S/C9H13ClN2O2/c1-6-4-8(10)7(5-11-6)9(13)12(2)14-3/h4-6,11H,1-3H3. The second-order valence-corrected chi connectivity index (χ2v) is 3.42. The molecule has 1 rings (SSSR count). The van der Waals surface area contributed by atoms with Gasteiger partial charge in [0.1, 0.15) is 0 Å². The van der Waals surface area contributed by atoms with E-state index in [1.165, 1.54) is 14.2 Å². The first-order valence-corrected chi connectivity index (χ1v) is 4.60. The number of hydroxylamine groups is 2. The number of hydrogen-bond donors (Lipinski definition) is 1. The molecule has 1 unspecified atom stereocenters. The number of nitrogens with zero attached hydrogens (tertiary/aromatic N) is 1. The fourth-order valence-corrected chi connectivity index (χ4v) is 1.38. The van der Waals surface area contributed by atoms with E-state index in [2.05, 4.69) is 5.32 Å². The fourth-order valence-electron chi connectivity index (χ4n) is 1.06. The Morgan fingerprint density at radius 1 is 1.71 bits per heavy atom. The molecule has 0 saturated heterocycles. The molecule has 0 radical (unpaired) electrons. The van der Waals surface area contributed by atoms with Gasteiger partial charge in [0.25, 0.3) is 5.91 Å². The van der Waals surface area contributed by atoms with Gasteiger partial charge in [0.2, 0.25) is 0 Å². The van der Waals surface area contributed by atoms with Crippen molar-refractivity contribution < 1.29 is 9.63 Å². The van der Waals surface area contributed by atoms with E-state index in [9.17, 15) is 4.79 Å². The maximum absolute atomic E-state index is 11.6. The van der Waals surface area contributed by atoms with E-state index >= 15 is 0 Å². The van der Waals surface area contributed by atoms with Crippen molar-refractivity contribution in [3.8, 4) is 0 Å². The van der Waals surface area contributed by atoms with Crippen LogP contribution in [0.3, 0.4) is 0 Å². The van der Waals surface area contributed by atoms with Gasteiger partial charge in [0, 0.05) is 19.3 Å². The quantitative estimate of drug-likeness (QED) is 0.701. The minimum absolute atomic E-state index is 0.145. The maximum atomic E-state index is 11.6. The Bertz CT molecular complexity index is 299. The third kappa shape index (κ3) is 2.27. The fraction of sp³-hybridized carbons (Fsp3) is 0.444. The van der Waals surface area contributed by atoms with Crippen LogP contribution in [-0.4, -0.2) is 31.2 Å². The summed E-state index contributed by atoms with van der Waals surface area (Å²) in [6.07, 6.45) is 3.38. The molecular formula is C9H13ClN2O2. The van der Waals surface area contributed by atoms with Gasteiger partial charge in [-0.1, -0.05) is 11.6 Å². The molecule has 1 aliphatic rings. The number of carbonyl (C=O) groups is 1. The van der Waals surface area contributed by atoms with E-state index in [1.807, 2.05) is 6.92 Å². The van der Waals surface area contributed by atoms with Crippen LogP contribution in [-0.2, 0) is 9.63 Å². The van der Waals surface area contributed by atoms with Gasteiger partial charge in [-0.3, -0.25) is 9.63 Å². The SMILES string of the molecule is CON(C)C(=O)C1=CNC(C)C=C1Cl. The molecule has 4 nitrogen and oxygen atoms in total. The molecule has 0 fully saturated rings. The van der Waals surface area contributed by atoms with Crippen molar-refractivity contribution in [3.63, 3.8) is 0 Å². The lowest BCUT2D eigenvalue weighted by Gasteiger charge is -2.20. The predicted octanol–water partition coefficient (Wildman–Crippen LogP) is 1.00. The number of halogens is 1. The van der Waals surface area contributed by atoms with Crippen LogP contribution in [0.15, 0.2) is 22.9 Å². The van der Waals surface area contributed by atoms with Gasteiger partial charge in [-0.25, -0.2) is 5.06 Å². The molecule has 0 aromatic carbocycles. The van der Waals surface area contributed by atoms with E-state index in [1.54, 1.807) is 12.3 Å². The van der Waals surface area contributed by atoms with Crippen molar-refractivity contribution in [3.05, 3.63) is 22.9 Å². The van der Waals surface area contributed by atoms with Crippen molar-refractivity contribution in [2.75, 3.05) is 14.2 Å². The molecule has 14 heavy (non-hydrogen) atoms. The molecule has 1 atom stereocenters. The van der Waals surface area contributed by atoms with Crippen LogP contribution >= 0.6 is 11.6 Å². The van der Waals surface area contributed by atoms with Gasteiger partial charge in [-0.2, -0.15) is 0 Å². The van der Waals surface area contributed by atoms with E-state index in [4.69, 9.17) is 16.4 Å². The van der Waals surface area contributed by atoms with Crippen molar-refractivity contribution in [1.29, 1.82) is 0 Å². The van der Waals surface area contributed by atoms with E-state index in [0.29, 0.717) is 10.6 Å². The van der Waals surface area contributed by atoms with Crippen molar-refractivity contribution in [2.45, 2.75) is 13.0 Å². The first-order valence-electron chi connectivity index (χ1n) is 4.22. The van der Waals surface area contributed by atoms with Crippen molar-refractivity contribution in [2.24, 2.45) is 0 Å². The van der Waals surface area contributed by atoms with Crippen LogP contribution < -0.4 is 5.32 Å². The van der Waals surface area contributed by atoms with Gasteiger partial charge in [0.15, 0.2) is 0 Å². The number of hydrogen-bond acceptors (Lipinski definition) is 3. The van der Waals surface area contributed by atoms with Gasteiger partial charge < -0.3 is 5.32 Å². The van der Waals surface area contributed by atoms with Crippen LogP contribution in [0.25, 0.3) is 0 Å². The predicted molar refractivity (Wildman–Crippen MR) is 54.4 cm³/mol. The third-order valence-electron chi connectivity index (χ3n) is 1.93. The molecule has 0 aromatic heterocycles. The average Bonchev–Trinajstić information content (AvgIpc) is 2.15. The van der Waals surface area contributed by atoms with E-state index in [0.717, 1.165) is 5.06 Å². The summed E-state index contributed by atoms with van der Waals surface area (Å²) < 4.78 is 0. The Labute approximate surface area is 88.1 Å². The summed E-state index contributed by atoms with van der Waals surface area (Å²) in [6, 6.07) is 0.145. The Morgan fingerprint density at radius 2 is 2.36 bits per heavy atom. The highest BCUT2D eigenvalue weighted by Gasteiger charge is 2.20. The number of dihydropyridines is 1. The van der Waals surface area contributed by atoms with Gasteiger partial charge in [-0.05, 0) is 13.0 Å². The van der Waals surface area contributed by atoms with Crippen LogP contribution in [0.1, 0.15) is 6.92 Å². The summed E-state index contributed by atoms with van der Waals surface area (Å²) >= 11 is 5.92. The largest absolute Gasteiger partial charge is 0.384 e. The number of amides is 1. The molecule has 5 heteroatoms. The molecule has 0 aliphatic carbocycles. The first kappa shape index (κ1) is 11.1. The van der Waals surface area contributed by atoms with Gasteiger partial charge in [-0.15, -0.1) is 0 Å². The molecule has 0 saturated carbocycles. The minimum Gasteiger partial charge on any atom is -0.384 e. The average molecular weight is 217 g/mol. The zero-order chi connectivity index (χ0) is 10.7. The Kier molecular flexibility index (Phi) is 3.55. The summed E-state index contributed by atoms with van der Waals surface area (Å²) in [5, 5.41) is 4.57. The lowest BCUT2D eigenvalue weighted by atomic mass is 10.1. The highest BCUT2D eigenvalue weighted by Crippen LogP contribution is 2.20. The third-order valence-corrected chi connectivity index (χ3v) is 2.26. The van der Waals surface area contributed by atoms with Gasteiger partial charge in [0.05, 0.1) is 17.7 Å². The summed E-state index contributed by atoms with van der Waals surface area (Å²) in [5.41, 5.74) is 0.411. The Balaban J connectivity index is 2.80. The summed E-state index contributed by atoms with van der Waals surface area (Å²) in [4.78, 5) is 16.4. The molecule has 1 N–H and O–H groups in total. The van der Waals surface area contributed by atoms with E-state index < -0.39 is 0 Å². The molecule has 0 aromatic rings. The maximum Gasteiger partial charge on any atom is 0.280 e. The molecule has 78 valence electrons. The van der Waals surface area contributed by atoms with Gasteiger partial charge >= 0.3 is 0 Å². The normalized spacial score (nSPS) is 20.7. The van der Waals surface area contributed by atoms with Crippen molar-refractivity contribution >= 4 is 17.5 Å². The molecule has 1 heterocycles. The lowest BCUT2D eigenvalue weighted by Crippen LogP contribution is -2.31. The Morgan fingerprint density at radius 3 is 2.86 bits per heavy atom. The number of nitrogens with one attached hydrogen (secondary N) is 1. The Hall–Kier alpha value is -1.00. The molecule has 0 bridgehead atoms. The molecule has 1 aliphatic heterocycles. The van der Waals surface area contributed by atoms with Crippen LogP contribution in [0.4, 0.5) is 0 Å². The van der Waals surface area contributed by atoms with E-state index in [-0.39, 0.29) is 11.9 Å². The molecule has 0 spiro atoms. The van der Waals surface area contributed by atoms with Crippen LogP contribution in [0.5, 0.6) is 0 Å². The topological polar surface area (TPSA) is 41.6 Å². The van der Waals surface area contributed by atoms with Crippen LogP contribution in [0.2, 0.25) is 0 Å². The zero-order valence-electron chi connectivity index (χ0n) is 8.37. The minimum atomic E-state index is -0.270. The highest BCUT2D eigenvalue weighted by molar-refractivity contribution is 6.35. The zero-order valence-corrected chi connectivity index (χ0v) is 9.13. The second kappa shape index (κ2) is 4.48.